The van der Waals surface area contributed by atoms with Gasteiger partial charge in [0.1, 0.15) is 4.90 Å². The molecule has 1 aliphatic carbocycles. The Morgan fingerprint density at radius 1 is 1.53 bits per heavy atom. The number of rotatable bonds is 5. The highest BCUT2D eigenvalue weighted by Gasteiger charge is 2.40. The molecule has 0 spiro atoms. The lowest BCUT2D eigenvalue weighted by molar-refractivity contribution is 0.552. The van der Waals surface area contributed by atoms with Crippen molar-refractivity contribution in [3.8, 4) is 0 Å². The van der Waals surface area contributed by atoms with Crippen LogP contribution >= 0.6 is 11.6 Å². The molecule has 2 unspecified atom stereocenters. The Hall–Kier alpha value is -0.850. The molecule has 7 heteroatoms. The third-order valence-electron chi connectivity index (χ3n) is 3.20. The van der Waals surface area contributed by atoms with Gasteiger partial charge >= 0.3 is 0 Å². The van der Waals surface area contributed by atoms with Crippen LogP contribution in [0, 0.1) is 11.7 Å². The van der Waals surface area contributed by atoms with E-state index >= 15 is 0 Å². The summed E-state index contributed by atoms with van der Waals surface area (Å²) in [6.07, 6.45) is 2.76. The van der Waals surface area contributed by atoms with Gasteiger partial charge in [-0.05, 0) is 30.9 Å². The van der Waals surface area contributed by atoms with E-state index in [0.29, 0.717) is 5.92 Å². The molecule has 1 aromatic carbocycles. The molecule has 106 valence electrons. The highest BCUT2D eigenvalue weighted by Crippen LogP contribution is 2.36. The Labute approximate surface area is 117 Å². The lowest BCUT2D eigenvalue weighted by Crippen LogP contribution is -2.28. The van der Waals surface area contributed by atoms with Crippen molar-refractivity contribution in [2.24, 2.45) is 5.92 Å². The molecular weight excluding hydrogens is 291 g/mol. The van der Waals surface area contributed by atoms with Crippen LogP contribution in [0.1, 0.15) is 26.2 Å². The second-order valence-electron chi connectivity index (χ2n) is 4.83. The van der Waals surface area contributed by atoms with Gasteiger partial charge in [0.05, 0.1) is 5.02 Å². The first-order valence-corrected chi connectivity index (χ1v) is 7.98. The Morgan fingerprint density at radius 3 is 2.84 bits per heavy atom. The lowest BCUT2D eigenvalue weighted by atomic mass is 10.2. The smallest absolute Gasteiger partial charge is 0.243 e. The molecule has 1 aromatic rings. The van der Waals surface area contributed by atoms with Crippen LogP contribution in [0.15, 0.2) is 17.0 Å². The van der Waals surface area contributed by atoms with Crippen LogP contribution in [-0.2, 0) is 10.0 Å². The summed E-state index contributed by atoms with van der Waals surface area (Å²) in [6.45, 7) is 2.04. The topological polar surface area (TPSA) is 72.2 Å². The predicted octanol–water partition coefficient (Wildman–Crippen LogP) is 2.53. The molecule has 0 aliphatic heterocycles. The summed E-state index contributed by atoms with van der Waals surface area (Å²) in [6, 6.07) is 2.16. The van der Waals surface area contributed by atoms with E-state index < -0.39 is 20.7 Å². The van der Waals surface area contributed by atoms with E-state index in [1.807, 2.05) is 6.92 Å². The molecule has 4 nitrogen and oxygen atoms in total. The van der Waals surface area contributed by atoms with Gasteiger partial charge in [-0.1, -0.05) is 24.9 Å². The van der Waals surface area contributed by atoms with Gasteiger partial charge < -0.3 is 5.73 Å². The molecule has 3 N–H and O–H groups in total. The molecule has 2 rings (SSSR count). The molecule has 2 atom stereocenters. The third kappa shape index (κ3) is 3.19. The number of nitrogens with one attached hydrogen (secondary N) is 1. The molecule has 0 aromatic heterocycles. The zero-order valence-corrected chi connectivity index (χ0v) is 12.1. The van der Waals surface area contributed by atoms with Gasteiger partial charge in [-0.2, -0.15) is 0 Å². The number of anilines is 1. The summed E-state index contributed by atoms with van der Waals surface area (Å²) in [5.74, 6) is -0.615. The zero-order chi connectivity index (χ0) is 14.2. The summed E-state index contributed by atoms with van der Waals surface area (Å²) >= 11 is 5.61. The lowest BCUT2D eigenvalue weighted by Gasteiger charge is -2.09. The largest absolute Gasteiger partial charge is 0.399 e. The van der Waals surface area contributed by atoms with Gasteiger partial charge in [0.25, 0.3) is 0 Å². The van der Waals surface area contributed by atoms with E-state index in [4.69, 9.17) is 17.3 Å². The average Bonchev–Trinajstić information content (AvgIpc) is 3.01. The second kappa shape index (κ2) is 5.26. The average molecular weight is 307 g/mol. The minimum Gasteiger partial charge on any atom is -0.399 e. The van der Waals surface area contributed by atoms with Crippen molar-refractivity contribution >= 4 is 27.3 Å². The van der Waals surface area contributed by atoms with Gasteiger partial charge in [-0.3, -0.25) is 0 Å². The SMILES string of the molecule is CCCC1CC1NS(=O)(=O)c1cc(N)cc(Cl)c1F. The van der Waals surface area contributed by atoms with Gasteiger partial charge in [-0.15, -0.1) is 0 Å². The number of hydrogen-bond donors (Lipinski definition) is 2. The highest BCUT2D eigenvalue weighted by atomic mass is 35.5. The van der Waals surface area contributed by atoms with Crippen LogP contribution < -0.4 is 10.5 Å². The number of benzene rings is 1. The fourth-order valence-corrected chi connectivity index (χ4v) is 3.86. The number of hydrogen-bond acceptors (Lipinski definition) is 3. The van der Waals surface area contributed by atoms with Crippen LogP contribution in [0.5, 0.6) is 0 Å². The Morgan fingerprint density at radius 2 is 2.21 bits per heavy atom. The number of nitrogens with two attached hydrogens (primary N) is 1. The molecule has 0 radical (unpaired) electrons. The minimum absolute atomic E-state index is 0.107. The van der Waals surface area contributed by atoms with Gasteiger partial charge in [0.15, 0.2) is 5.82 Å². The molecule has 1 saturated carbocycles. The van der Waals surface area contributed by atoms with Crippen LogP contribution in [-0.4, -0.2) is 14.5 Å². The van der Waals surface area contributed by atoms with Gasteiger partial charge in [-0.25, -0.2) is 17.5 Å². The maximum atomic E-state index is 13.8. The van der Waals surface area contributed by atoms with Crippen LogP contribution in [0.4, 0.5) is 10.1 Å². The normalized spacial score (nSPS) is 22.5. The quantitative estimate of drug-likeness (QED) is 0.821. The Kier molecular flexibility index (Phi) is 4.03. The van der Waals surface area contributed by atoms with E-state index in [9.17, 15) is 12.8 Å². The third-order valence-corrected chi connectivity index (χ3v) is 4.96. The highest BCUT2D eigenvalue weighted by molar-refractivity contribution is 7.89. The van der Waals surface area contributed by atoms with Crippen molar-refractivity contribution in [2.45, 2.75) is 37.1 Å². The van der Waals surface area contributed by atoms with Crippen molar-refractivity contribution in [3.63, 3.8) is 0 Å². The van der Waals surface area contributed by atoms with Crippen LogP contribution in [0.2, 0.25) is 5.02 Å². The molecule has 0 bridgehead atoms. The minimum atomic E-state index is -3.91. The summed E-state index contributed by atoms with van der Waals surface area (Å²) in [5.41, 5.74) is 5.62. The zero-order valence-electron chi connectivity index (χ0n) is 10.5. The summed E-state index contributed by atoms with van der Waals surface area (Å²) in [5, 5.41) is -0.290. The standard InChI is InChI=1S/C12H16ClFN2O2S/c1-2-3-7-4-10(7)16-19(17,18)11-6-8(15)5-9(13)12(11)14/h5-7,10,16H,2-4,15H2,1H3. The number of sulfonamides is 1. The van der Waals surface area contributed by atoms with Crippen molar-refractivity contribution in [1.82, 2.24) is 4.72 Å². The molecule has 19 heavy (non-hydrogen) atoms. The number of halogens is 2. The fourth-order valence-electron chi connectivity index (χ4n) is 2.12. The Bertz CT molecular complexity index is 592. The van der Waals surface area contributed by atoms with Gasteiger partial charge in [0, 0.05) is 11.7 Å². The summed E-state index contributed by atoms with van der Waals surface area (Å²) in [7, 11) is -3.91. The van der Waals surface area contributed by atoms with Crippen molar-refractivity contribution in [1.29, 1.82) is 0 Å². The molecule has 0 amide bonds. The number of nitrogen functional groups attached to an aromatic ring is 1. The molecule has 0 heterocycles. The van der Waals surface area contributed by atoms with E-state index in [0.717, 1.165) is 25.3 Å². The van der Waals surface area contributed by atoms with Crippen molar-refractivity contribution in [3.05, 3.63) is 23.0 Å². The summed E-state index contributed by atoms with van der Waals surface area (Å²) < 4.78 is 40.5. The van der Waals surface area contributed by atoms with E-state index in [1.165, 1.54) is 6.07 Å². The van der Waals surface area contributed by atoms with Crippen molar-refractivity contribution < 1.29 is 12.8 Å². The first-order chi connectivity index (χ1) is 8.85. The van der Waals surface area contributed by atoms with E-state index in [-0.39, 0.29) is 16.8 Å². The molecule has 0 saturated heterocycles. The maximum Gasteiger partial charge on any atom is 0.243 e. The maximum absolute atomic E-state index is 13.8. The van der Waals surface area contributed by atoms with Crippen LogP contribution in [0.3, 0.4) is 0 Å². The summed E-state index contributed by atoms with van der Waals surface area (Å²) in [4.78, 5) is -0.486. The monoisotopic (exact) mass is 306 g/mol. The van der Waals surface area contributed by atoms with Crippen LogP contribution in [0.25, 0.3) is 0 Å². The fraction of sp³-hybridized carbons (Fsp3) is 0.500. The predicted molar refractivity (Wildman–Crippen MR) is 72.9 cm³/mol. The molecule has 1 fully saturated rings. The van der Waals surface area contributed by atoms with Gasteiger partial charge in [0.2, 0.25) is 10.0 Å². The second-order valence-corrected chi connectivity index (χ2v) is 6.92. The molecule has 1 aliphatic rings. The Balaban J connectivity index is 2.21. The van der Waals surface area contributed by atoms with E-state index in [2.05, 4.69) is 4.72 Å². The first-order valence-electron chi connectivity index (χ1n) is 6.12. The van der Waals surface area contributed by atoms with E-state index in [1.54, 1.807) is 0 Å². The first kappa shape index (κ1) is 14.6. The molecular formula is C12H16ClFN2O2S. The van der Waals surface area contributed by atoms with Crippen molar-refractivity contribution in [2.75, 3.05) is 5.73 Å².